The van der Waals surface area contributed by atoms with Gasteiger partial charge in [0.2, 0.25) is 0 Å². The summed E-state index contributed by atoms with van der Waals surface area (Å²) in [6.07, 6.45) is 4.32. The summed E-state index contributed by atoms with van der Waals surface area (Å²) in [5, 5.41) is 0. The van der Waals surface area contributed by atoms with E-state index in [2.05, 4.69) is 41.5 Å². The second-order valence-electron chi connectivity index (χ2n) is 9.12. The third-order valence-electron chi connectivity index (χ3n) is 4.85. The number of hydrogen-bond donors (Lipinski definition) is 0. The van der Waals surface area contributed by atoms with E-state index in [9.17, 15) is 4.79 Å². The quantitative estimate of drug-likeness (QED) is 0.282. The average molecular weight is 389 g/mol. The van der Waals surface area contributed by atoms with Crippen molar-refractivity contribution in [1.82, 2.24) is 0 Å². The largest absolute Gasteiger partial charge is 0.463 e. The number of carbonyl (C=O) groups is 1. The summed E-state index contributed by atoms with van der Waals surface area (Å²) < 4.78 is 23.1. The fraction of sp³-hybridized carbons (Fsp3) is 0.955. The molecule has 0 rings (SSSR count). The number of ether oxygens (including phenoxy) is 4. The topological polar surface area (TPSA) is 54.0 Å². The molecule has 0 aliphatic carbocycles. The molecule has 0 spiro atoms. The molecule has 0 aliphatic heterocycles. The standard InChI is InChI=1S/C22H44O5/c1-10-19(23)24-16-17-26-22(8,9)14-15-25-21(6,7)13-12-18(3)27-20(4,5)11-2/h18H,10-17H2,1-9H3. The summed E-state index contributed by atoms with van der Waals surface area (Å²) in [6.45, 7) is 20.0. The Hall–Kier alpha value is -0.650. The molecule has 0 bridgehead atoms. The monoisotopic (exact) mass is 388 g/mol. The molecule has 27 heavy (non-hydrogen) atoms. The van der Waals surface area contributed by atoms with Gasteiger partial charge in [0.1, 0.15) is 6.61 Å². The molecular formula is C22H44O5. The molecule has 0 radical (unpaired) electrons. The van der Waals surface area contributed by atoms with Crippen LogP contribution < -0.4 is 0 Å². The van der Waals surface area contributed by atoms with Crippen molar-refractivity contribution in [2.24, 2.45) is 0 Å². The molecule has 0 heterocycles. The van der Waals surface area contributed by atoms with Gasteiger partial charge in [-0.05, 0) is 74.1 Å². The molecule has 0 aliphatic rings. The van der Waals surface area contributed by atoms with Gasteiger partial charge in [-0.3, -0.25) is 4.79 Å². The zero-order valence-corrected chi connectivity index (χ0v) is 19.3. The first kappa shape index (κ1) is 26.4. The van der Waals surface area contributed by atoms with Crippen LogP contribution in [0.5, 0.6) is 0 Å². The van der Waals surface area contributed by atoms with Gasteiger partial charge in [0, 0.05) is 6.42 Å². The van der Waals surface area contributed by atoms with Gasteiger partial charge in [-0.25, -0.2) is 0 Å². The molecule has 0 amide bonds. The lowest BCUT2D eigenvalue weighted by molar-refractivity contribution is -0.147. The SMILES string of the molecule is CCC(=O)OCCOC(C)(C)CCOC(C)(C)CCC(C)OC(C)(C)CC. The molecule has 1 atom stereocenters. The second-order valence-corrected chi connectivity index (χ2v) is 9.12. The number of esters is 1. The molecule has 0 aromatic rings. The Balaban J connectivity index is 4.09. The molecule has 5 heteroatoms. The first-order valence-corrected chi connectivity index (χ1v) is 10.4. The third kappa shape index (κ3) is 14.1. The first-order chi connectivity index (χ1) is 12.3. The zero-order valence-electron chi connectivity index (χ0n) is 19.3. The summed E-state index contributed by atoms with van der Waals surface area (Å²) >= 11 is 0. The van der Waals surface area contributed by atoms with E-state index in [0.717, 1.165) is 25.7 Å². The van der Waals surface area contributed by atoms with Crippen LogP contribution in [0.15, 0.2) is 0 Å². The molecule has 162 valence electrons. The van der Waals surface area contributed by atoms with Crippen LogP contribution >= 0.6 is 0 Å². The Labute approximate surface area is 167 Å². The van der Waals surface area contributed by atoms with Crippen LogP contribution in [0.25, 0.3) is 0 Å². The summed E-state index contributed by atoms with van der Waals surface area (Å²) in [6, 6.07) is 0. The molecule has 0 N–H and O–H groups in total. The highest BCUT2D eigenvalue weighted by Crippen LogP contribution is 2.24. The van der Waals surface area contributed by atoms with Crippen LogP contribution in [0.4, 0.5) is 0 Å². The lowest BCUT2D eigenvalue weighted by Gasteiger charge is -2.32. The van der Waals surface area contributed by atoms with E-state index < -0.39 is 0 Å². The minimum atomic E-state index is -0.309. The van der Waals surface area contributed by atoms with Crippen molar-refractivity contribution in [3.63, 3.8) is 0 Å². The summed E-state index contributed by atoms with van der Waals surface area (Å²) in [5.74, 6) is -0.193. The smallest absolute Gasteiger partial charge is 0.305 e. The minimum Gasteiger partial charge on any atom is -0.463 e. The Morgan fingerprint density at radius 2 is 1.37 bits per heavy atom. The Kier molecular flexibility index (Phi) is 11.7. The second kappa shape index (κ2) is 12.0. The number of rotatable bonds is 15. The van der Waals surface area contributed by atoms with Crippen LogP contribution in [-0.2, 0) is 23.7 Å². The van der Waals surface area contributed by atoms with Gasteiger partial charge < -0.3 is 18.9 Å². The van der Waals surface area contributed by atoms with E-state index in [1.165, 1.54) is 0 Å². The van der Waals surface area contributed by atoms with Crippen LogP contribution in [-0.4, -0.2) is 48.7 Å². The third-order valence-corrected chi connectivity index (χ3v) is 4.85. The van der Waals surface area contributed by atoms with Gasteiger partial charge in [-0.2, -0.15) is 0 Å². The van der Waals surface area contributed by atoms with Crippen molar-refractivity contribution in [2.45, 2.75) is 117 Å². The van der Waals surface area contributed by atoms with E-state index in [0.29, 0.717) is 26.2 Å². The Bertz CT molecular complexity index is 415. The van der Waals surface area contributed by atoms with Crippen molar-refractivity contribution < 1.29 is 23.7 Å². The zero-order chi connectivity index (χ0) is 21.1. The maximum absolute atomic E-state index is 11.1. The lowest BCUT2D eigenvalue weighted by atomic mass is 9.99. The maximum Gasteiger partial charge on any atom is 0.305 e. The highest BCUT2D eigenvalue weighted by atomic mass is 16.6. The molecule has 0 aromatic carbocycles. The predicted octanol–water partition coefficient (Wildman–Crippen LogP) is 5.29. The van der Waals surface area contributed by atoms with Gasteiger partial charge in [-0.1, -0.05) is 13.8 Å². The van der Waals surface area contributed by atoms with E-state index in [-0.39, 0.29) is 28.9 Å². The van der Waals surface area contributed by atoms with E-state index in [1.54, 1.807) is 6.92 Å². The highest BCUT2D eigenvalue weighted by Gasteiger charge is 2.25. The first-order valence-electron chi connectivity index (χ1n) is 10.4. The fourth-order valence-corrected chi connectivity index (χ4v) is 2.53. The van der Waals surface area contributed by atoms with E-state index in [4.69, 9.17) is 18.9 Å². The van der Waals surface area contributed by atoms with Gasteiger partial charge >= 0.3 is 5.97 Å². The number of carbonyl (C=O) groups excluding carboxylic acids is 1. The average Bonchev–Trinajstić information content (AvgIpc) is 2.56. The molecule has 0 aromatic heterocycles. The van der Waals surface area contributed by atoms with Crippen molar-refractivity contribution in [1.29, 1.82) is 0 Å². The Morgan fingerprint density at radius 1 is 0.815 bits per heavy atom. The molecular weight excluding hydrogens is 344 g/mol. The van der Waals surface area contributed by atoms with E-state index >= 15 is 0 Å². The van der Waals surface area contributed by atoms with Gasteiger partial charge in [0.15, 0.2) is 0 Å². The fourth-order valence-electron chi connectivity index (χ4n) is 2.53. The van der Waals surface area contributed by atoms with Crippen LogP contribution in [0, 0.1) is 0 Å². The van der Waals surface area contributed by atoms with Crippen molar-refractivity contribution in [2.75, 3.05) is 19.8 Å². The van der Waals surface area contributed by atoms with Crippen molar-refractivity contribution in [3.8, 4) is 0 Å². The predicted molar refractivity (Wildman–Crippen MR) is 110 cm³/mol. The van der Waals surface area contributed by atoms with Crippen LogP contribution in [0.1, 0.15) is 94.4 Å². The summed E-state index contributed by atoms with van der Waals surface area (Å²) in [7, 11) is 0. The molecule has 5 nitrogen and oxygen atoms in total. The van der Waals surface area contributed by atoms with Crippen LogP contribution in [0.2, 0.25) is 0 Å². The van der Waals surface area contributed by atoms with Crippen LogP contribution in [0.3, 0.4) is 0 Å². The summed E-state index contributed by atoms with van der Waals surface area (Å²) in [4.78, 5) is 11.1. The van der Waals surface area contributed by atoms with Gasteiger partial charge in [-0.15, -0.1) is 0 Å². The molecule has 1 unspecified atom stereocenters. The summed E-state index contributed by atoms with van der Waals surface area (Å²) in [5.41, 5.74) is -0.575. The molecule has 0 saturated carbocycles. The Morgan fingerprint density at radius 3 is 1.93 bits per heavy atom. The number of hydrogen-bond acceptors (Lipinski definition) is 5. The molecule has 0 saturated heterocycles. The lowest BCUT2D eigenvalue weighted by Crippen LogP contribution is -2.33. The highest BCUT2D eigenvalue weighted by molar-refractivity contribution is 5.68. The van der Waals surface area contributed by atoms with Gasteiger partial charge in [0.05, 0.1) is 36.1 Å². The normalized spacial score (nSPS) is 14.3. The van der Waals surface area contributed by atoms with Crippen molar-refractivity contribution in [3.05, 3.63) is 0 Å². The van der Waals surface area contributed by atoms with E-state index in [1.807, 2.05) is 13.8 Å². The maximum atomic E-state index is 11.1. The molecule has 0 fully saturated rings. The minimum absolute atomic E-state index is 0.0722. The van der Waals surface area contributed by atoms with Gasteiger partial charge in [0.25, 0.3) is 0 Å². The van der Waals surface area contributed by atoms with Crippen molar-refractivity contribution >= 4 is 5.97 Å².